The van der Waals surface area contributed by atoms with Crippen molar-refractivity contribution in [2.24, 2.45) is 0 Å². The standard InChI is InChI=1S/C22H21N5O4S2/c1-31-15-4-2-13-3-5-17(9-14(13)8-15)33(29,30)26-19-6-7-27(22(19)28)11-16-10-18-20(23)24-12-25-21(18)32-16/h2-5,8-10,12,19,26H,6-7,11H2,1H3,(H2,23,24,25)/t19-/m0/s1. The van der Waals surface area contributed by atoms with Gasteiger partial charge in [-0.15, -0.1) is 11.3 Å². The summed E-state index contributed by atoms with van der Waals surface area (Å²) in [6.45, 7) is 0.823. The molecule has 33 heavy (non-hydrogen) atoms. The number of methoxy groups -OCH3 is 1. The van der Waals surface area contributed by atoms with Gasteiger partial charge in [-0.05, 0) is 47.5 Å². The SMILES string of the molecule is COc1ccc2ccc(S(=O)(=O)N[C@H]3CCN(Cc4cc5c(N)ncnc5s4)C3=O)cc2c1. The van der Waals surface area contributed by atoms with E-state index in [4.69, 9.17) is 10.5 Å². The number of ether oxygens (including phenoxy) is 1. The second-order valence-corrected chi connectivity index (χ2v) is 10.6. The van der Waals surface area contributed by atoms with Crippen molar-refractivity contribution in [1.82, 2.24) is 19.6 Å². The average Bonchev–Trinajstić information content (AvgIpc) is 3.37. The average molecular weight is 484 g/mol. The van der Waals surface area contributed by atoms with Crippen LogP contribution in [0.1, 0.15) is 11.3 Å². The van der Waals surface area contributed by atoms with Crippen LogP contribution >= 0.6 is 11.3 Å². The van der Waals surface area contributed by atoms with Gasteiger partial charge in [-0.2, -0.15) is 4.72 Å². The van der Waals surface area contributed by atoms with Crippen molar-refractivity contribution in [3.8, 4) is 5.75 Å². The Kier molecular flexibility index (Phi) is 5.39. The minimum Gasteiger partial charge on any atom is -0.497 e. The Hall–Kier alpha value is -3.28. The summed E-state index contributed by atoms with van der Waals surface area (Å²) in [6, 6.07) is 11.4. The molecule has 0 aliphatic carbocycles. The number of amides is 1. The van der Waals surface area contributed by atoms with Crippen LogP contribution in [0.3, 0.4) is 0 Å². The molecule has 1 amide bonds. The molecule has 0 bridgehead atoms. The molecule has 1 atom stereocenters. The number of nitrogens with zero attached hydrogens (tertiary/aromatic N) is 3. The zero-order valence-corrected chi connectivity index (χ0v) is 19.3. The Morgan fingerprint density at radius 2 is 2.00 bits per heavy atom. The number of hydrogen-bond donors (Lipinski definition) is 2. The Balaban J connectivity index is 1.32. The molecule has 2 aromatic carbocycles. The molecular formula is C22H21N5O4S2. The molecule has 0 radical (unpaired) electrons. The van der Waals surface area contributed by atoms with E-state index in [0.29, 0.717) is 31.1 Å². The number of carbonyl (C=O) groups excluding carboxylic acids is 1. The first-order chi connectivity index (χ1) is 15.8. The summed E-state index contributed by atoms with van der Waals surface area (Å²) in [5, 5.41) is 2.39. The fourth-order valence-corrected chi connectivity index (χ4v) is 6.22. The molecule has 4 aromatic rings. The lowest BCUT2D eigenvalue weighted by atomic mass is 10.1. The third-order valence-electron chi connectivity index (χ3n) is 5.68. The normalized spacial score (nSPS) is 16.7. The maximum Gasteiger partial charge on any atom is 0.241 e. The number of benzene rings is 2. The van der Waals surface area contributed by atoms with Crippen LogP contribution in [0.25, 0.3) is 21.0 Å². The van der Waals surface area contributed by atoms with Crippen LogP contribution in [-0.2, 0) is 21.4 Å². The van der Waals surface area contributed by atoms with Gasteiger partial charge in [-0.1, -0.05) is 12.1 Å². The number of fused-ring (bicyclic) bond motifs is 2. The highest BCUT2D eigenvalue weighted by Crippen LogP contribution is 2.29. The Morgan fingerprint density at radius 1 is 1.18 bits per heavy atom. The van der Waals surface area contributed by atoms with Gasteiger partial charge in [0.1, 0.15) is 28.8 Å². The number of nitrogen functional groups attached to an aromatic ring is 1. The van der Waals surface area contributed by atoms with Crippen molar-refractivity contribution in [2.75, 3.05) is 19.4 Å². The van der Waals surface area contributed by atoms with Crippen molar-refractivity contribution in [3.63, 3.8) is 0 Å². The van der Waals surface area contributed by atoms with Crippen LogP contribution in [0.15, 0.2) is 53.7 Å². The molecule has 1 fully saturated rings. The molecule has 1 aliphatic rings. The first kappa shape index (κ1) is 21.6. The molecule has 0 saturated carbocycles. The molecule has 3 heterocycles. The van der Waals surface area contributed by atoms with E-state index < -0.39 is 16.1 Å². The van der Waals surface area contributed by atoms with E-state index >= 15 is 0 Å². The van der Waals surface area contributed by atoms with Crippen molar-refractivity contribution in [1.29, 1.82) is 0 Å². The van der Waals surface area contributed by atoms with Crippen molar-refractivity contribution in [3.05, 3.63) is 53.7 Å². The molecule has 2 aromatic heterocycles. The molecule has 0 unspecified atom stereocenters. The van der Waals surface area contributed by atoms with Gasteiger partial charge in [-0.25, -0.2) is 18.4 Å². The number of carbonyl (C=O) groups is 1. The molecule has 0 spiro atoms. The number of hydrogen-bond acceptors (Lipinski definition) is 8. The summed E-state index contributed by atoms with van der Waals surface area (Å²) in [5.74, 6) is 0.784. The molecule has 9 nitrogen and oxygen atoms in total. The smallest absolute Gasteiger partial charge is 0.241 e. The van der Waals surface area contributed by atoms with Gasteiger partial charge < -0.3 is 15.4 Å². The number of nitrogens with two attached hydrogens (primary N) is 1. The number of likely N-dealkylation sites (tertiary alicyclic amines) is 1. The van der Waals surface area contributed by atoms with Gasteiger partial charge in [0.05, 0.1) is 23.9 Å². The number of anilines is 1. The van der Waals surface area contributed by atoms with Crippen LogP contribution in [0.2, 0.25) is 0 Å². The zero-order valence-electron chi connectivity index (χ0n) is 17.7. The van der Waals surface area contributed by atoms with E-state index in [1.54, 1.807) is 30.2 Å². The van der Waals surface area contributed by atoms with Crippen LogP contribution < -0.4 is 15.2 Å². The third kappa shape index (κ3) is 4.10. The molecule has 1 saturated heterocycles. The number of aromatic nitrogens is 2. The number of sulfonamides is 1. The van der Waals surface area contributed by atoms with E-state index in [0.717, 1.165) is 25.9 Å². The quantitative estimate of drug-likeness (QED) is 0.431. The van der Waals surface area contributed by atoms with Crippen molar-refractivity contribution < 1.29 is 17.9 Å². The van der Waals surface area contributed by atoms with Crippen LogP contribution in [0, 0.1) is 0 Å². The summed E-state index contributed by atoms with van der Waals surface area (Å²) >= 11 is 1.44. The topological polar surface area (TPSA) is 128 Å². The van der Waals surface area contributed by atoms with Gasteiger partial charge in [0.2, 0.25) is 15.9 Å². The molecule has 170 valence electrons. The van der Waals surface area contributed by atoms with Gasteiger partial charge in [0.25, 0.3) is 0 Å². The van der Waals surface area contributed by atoms with Gasteiger partial charge in [0.15, 0.2) is 0 Å². The minimum atomic E-state index is -3.88. The Bertz CT molecular complexity index is 1480. The first-order valence-corrected chi connectivity index (χ1v) is 12.5. The molecule has 5 rings (SSSR count). The highest BCUT2D eigenvalue weighted by atomic mass is 32.2. The summed E-state index contributed by atoms with van der Waals surface area (Å²) in [4.78, 5) is 24.6. The monoisotopic (exact) mass is 483 g/mol. The van der Waals surface area contributed by atoms with Gasteiger partial charge in [-0.3, -0.25) is 4.79 Å². The van der Waals surface area contributed by atoms with E-state index in [2.05, 4.69) is 14.7 Å². The summed E-state index contributed by atoms with van der Waals surface area (Å²) < 4.78 is 33.8. The maximum atomic E-state index is 13.0. The third-order valence-corrected chi connectivity index (χ3v) is 8.18. The molecule has 3 N–H and O–H groups in total. The minimum absolute atomic E-state index is 0.105. The lowest BCUT2D eigenvalue weighted by Gasteiger charge is -2.16. The van der Waals surface area contributed by atoms with Crippen LogP contribution in [0.5, 0.6) is 5.75 Å². The fraction of sp³-hybridized carbons (Fsp3) is 0.227. The van der Waals surface area contributed by atoms with Crippen LogP contribution in [-0.4, -0.2) is 48.9 Å². The lowest BCUT2D eigenvalue weighted by molar-refractivity contribution is -0.129. The fourth-order valence-electron chi connectivity index (χ4n) is 3.95. The van der Waals surface area contributed by atoms with Crippen molar-refractivity contribution in [2.45, 2.75) is 23.9 Å². The summed E-state index contributed by atoms with van der Waals surface area (Å²) in [5.41, 5.74) is 5.89. The first-order valence-electron chi connectivity index (χ1n) is 10.2. The van der Waals surface area contributed by atoms with E-state index in [-0.39, 0.29) is 10.8 Å². The Morgan fingerprint density at radius 3 is 2.79 bits per heavy atom. The summed E-state index contributed by atoms with van der Waals surface area (Å²) in [6.07, 6.45) is 1.80. The van der Waals surface area contributed by atoms with E-state index in [9.17, 15) is 13.2 Å². The maximum absolute atomic E-state index is 13.0. The number of nitrogens with one attached hydrogen (secondary N) is 1. The second kappa shape index (κ2) is 8.25. The lowest BCUT2D eigenvalue weighted by Crippen LogP contribution is -2.41. The predicted molar refractivity (Wildman–Crippen MR) is 126 cm³/mol. The molecular weight excluding hydrogens is 462 g/mol. The van der Waals surface area contributed by atoms with Gasteiger partial charge in [0, 0.05) is 11.4 Å². The highest BCUT2D eigenvalue weighted by molar-refractivity contribution is 7.89. The van der Waals surface area contributed by atoms with E-state index in [1.807, 2.05) is 18.2 Å². The molecule has 11 heteroatoms. The summed E-state index contributed by atoms with van der Waals surface area (Å²) in [7, 11) is -2.32. The van der Waals surface area contributed by atoms with Crippen LogP contribution in [0.4, 0.5) is 5.82 Å². The largest absolute Gasteiger partial charge is 0.497 e. The van der Waals surface area contributed by atoms with Gasteiger partial charge >= 0.3 is 0 Å². The second-order valence-electron chi connectivity index (χ2n) is 7.79. The number of rotatable bonds is 6. The predicted octanol–water partition coefficient (Wildman–Crippen LogP) is 2.51. The van der Waals surface area contributed by atoms with E-state index in [1.165, 1.54) is 23.7 Å². The Labute approximate surface area is 194 Å². The highest BCUT2D eigenvalue weighted by Gasteiger charge is 2.35. The molecule has 1 aliphatic heterocycles. The zero-order chi connectivity index (χ0) is 23.2. The van der Waals surface area contributed by atoms with Crippen molar-refractivity contribution >= 4 is 54.1 Å². The number of thiophene rings is 1.